The van der Waals surface area contributed by atoms with Crippen molar-refractivity contribution in [2.75, 3.05) is 0 Å². The quantitative estimate of drug-likeness (QED) is 0.0391. The second kappa shape index (κ2) is 45.8. The summed E-state index contributed by atoms with van der Waals surface area (Å²) in [6.45, 7) is 4.53. The zero-order valence-electron chi connectivity index (χ0n) is 30.3. The van der Waals surface area contributed by atoms with E-state index in [1.165, 1.54) is 154 Å². The molecule has 0 aliphatic heterocycles. The maximum absolute atomic E-state index is 10.2. The number of carboxylic acid groups (broad SMARTS) is 2. The molecule has 0 fully saturated rings. The van der Waals surface area contributed by atoms with Gasteiger partial charge in [-0.2, -0.15) is 0 Å². The molecule has 0 N–H and O–H groups in total. The van der Waals surface area contributed by atoms with E-state index in [-0.39, 0.29) is 50.6 Å². The van der Waals surface area contributed by atoms with Crippen LogP contribution in [0.5, 0.6) is 0 Å². The molecule has 0 atom stereocenters. The molecular weight excluding hydrogens is 585 g/mol. The van der Waals surface area contributed by atoms with Crippen LogP contribution in [-0.2, 0) is 9.59 Å². The summed E-state index contributed by atoms with van der Waals surface area (Å²) >= 11 is 0. The average molecular weight is 659 g/mol. The molecule has 0 aromatic rings. The summed E-state index contributed by atoms with van der Waals surface area (Å²) in [7, 11) is 0. The minimum atomic E-state index is -0.913. The van der Waals surface area contributed by atoms with Gasteiger partial charge in [-0.25, -0.2) is 0 Å². The summed E-state index contributed by atoms with van der Waals surface area (Å²) < 4.78 is 0. The number of carboxylic acids is 2. The van der Waals surface area contributed by atoms with Gasteiger partial charge in [0.15, 0.2) is 0 Å². The Morgan fingerprint density at radius 1 is 0.356 bits per heavy atom. The summed E-state index contributed by atoms with van der Waals surface area (Å²) in [5.74, 6) is -1.83. The van der Waals surface area contributed by atoms with Gasteiger partial charge in [0.25, 0.3) is 0 Å². The molecule has 260 valence electrons. The Morgan fingerprint density at radius 3 is 0.778 bits per heavy atom. The first-order valence-corrected chi connectivity index (χ1v) is 19.2. The van der Waals surface area contributed by atoms with Crippen LogP contribution in [0.25, 0.3) is 0 Å². The number of hydrogen-bond acceptors (Lipinski definition) is 4. The van der Waals surface area contributed by atoms with Crippen LogP contribution in [0.1, 0.15) is 219 Å². The van der Waals surface area contributed by atoms with E-state index in [0.717, 1.165) is 38.5 Å². The van der Waals surface area contributed by atoms with Gasteiger partial charge in [-0.3, -0.25) is 0 Å². The van der Waals surface area contributed by atoms with Crippen LogP contribution in [0.2, 0.25) is 0 Å². The summed E-state index contributed by atoms with van der Waals surface area (Å²) in [6, 6.07) is 0. The van der Waals surface area contributed by atoms with Gasteiger partial charge in [-0.05, 0) is 77.0 Å². The van der Waals surface area contributed by atoms with Crippen molar-refractivity contribution in [2.45, 2.75) is 219 Å². The Kier molecular flexibility index (Phi) is 49.9. The monoisotopic (exact) mass is 659 g/mol. The Balaban J connectivity index is -0.000000767. The molecule has 4 nitrogen and oxygen atoms in total. The SMILES string of the molecule is CCCCCCCCCCC=CCCCCCCCC(=O)[O-].CCCCCCCCCCC=CCCCCCCCC(=O)[O-].[Ca+2]. The van der Waals surface area contributed by atoms with Gasteiger partial charge < -0.3 is 19.8 Å². The van der Waals surface area contributed by atoms with E-state index >= 15 is 0 Å². The molecule has 0 rings (SSSR count). The van der Waals surface area contributed by atoms with Gasteiger partial charge in [0.1, 0.15) is 0 Å². The molecule has 0 bridgehead atoms. The van der Waals surface area contributed by atoms with Crippen molar-refractivity contribution in [3.63, 3.8) is 0 Å². The first kappa shape index (κ1) is 49.1. The number of rotatable bonds is 34. The number of aliphatic carboxylic acids is 2. The molecule has 0 aliphatic rings. The average Bonchev–Trinajstić information content (AvgIpc) is 3.00. The maximum atomic E-state index is 10.2. The fourth-order valence-electron chi connectivity index (χ4n) is 5.39. The van der Waals surface area contributed by atoms with Crippen molar-refractivity contribution in [1.29, 1.82) is 0 Å². The normalized spacial score (nSPS) is 11.1. The third kappa shape index (κ3) is 53.4. The topological polar surface area (TPSA) is 80.3 Å². The summed E-state index contributed by atoms with van der Waals surface area (Å²) in [4.78, 5) is 20.5. The minimum Gasteiger partial charge on any atom is -0.550 e. The van der Waals surface area contributed by atoms with Gasteiger partial charge in [0, 0.05) is 11.9 Å². The maximum Gasteiger partial charge on any atom is 2.00 e. The zero-order valence-corrected chi connectivity index (χ0v) is 32.5. The smallest absolute Gasteiger partial charge is 0.550 e. The van der Waals surface area contributed by atoms with Gasteiger partial charge in [-0.1, -0.05) is 167 Å². The van der Waals surface area contributed by atoms with E-state index in [0.29, 0.717) is 0 Å². The van der Waals surface area contributed by atoms with Crippen molar-refractivity contribution in [3.8, 4) is 0 Å². The first-order valence-electron chi connectivity index (χ1n) is 19.2. The standard InChI is InChI=1S/2C20H38O2.Ca/c2*1-2-3-4-5-6-7-8-9-10-11-12-13-14-15-16-17-18-19-20(21)22;/h2*11-12H,2-10,13-19H2,1H3,(H,21,22);/q;;+2/p-2. The molecule has 0 amide bonds. The predicted octanol–water partition coefficient (Wildman–Crippen LogP) is 10.7. The fraction of sp³-hybridized carbons (Fsp3) is 0.850. The number of unbranched alkanes of at least 4 members (excludes halogenated alkanes) is 26. The van der Waals surface area contributed by atoms with Crippen molar-refractivity contribution >= 4 is 49.7 Å². The predicted molar refractivity (Wildman–Crippen MR) is 193 cm³/mol. The molecule has 0 spiro atoms. The summed E-state index contributed by atoms with van der Waals surface area (Å²) in [5, 5.41) is 20.5. The number of hydrogen-bond donors (Lipinski definition) is 0. The van der Waals surface area contributed by atoms with Crippen LogP contribution in [0.4, 0.5) is 0 Å². The van der Waals surface area contributed by atoms with Crippen molar-refractivity contribution in [3.05, 3.63) is 24.3 Å². The van der Waals surface area contributed by atoms with E-state index in [2.05, 4.69) is 38.2 Å². The number of allylic oxidation sites excluding steroid dienone is 4. The van der Waals surface area contributed by atoms with Crippen LogP contribution in [0, 0.1) is 0 Å². The second-order valence-corrected chi connectivity index (χ2v) is 12.8. The summed E-state index contributed by atoms with van der Waals surface area (Å²) in [5.41, 5.74) is 0. The minimum absolute atomic E-state index is 0. The number of carbonyl (C=O) groups is 2. The third-order valence-corrected chi connectivity index (χ3v) is 8.29. The van der Waals surface area contributed by atoms with Gasteiger partial charge >= 0.3 is 37.7 Å². The van der Waals surface area contributed by atoms with Crippen molar-refractivity contribution in [1.82, 2.24) is 0 Å². The Hall–Kier alpha value is -0.320. The number of carbonyl (C=O) groups excluding carboxylic acids is 2. The van der Waals surface area contributed by atoms with Crippen LogP contribution < -0.4 is 10.2 Å². The van der Waals surface area contributed by atoms with Crippen LogP contribution in [0.3, 0.4) is 0 Å². The van der Waals surface area contributed by atoms with E-state index in [9.17, 15) is 19.8 Å². The molecular formula is C40H74CaO4. The Bertz CT molecular complexity index is 578. The molecule has 0 saturated heterocycles. The van der Waals surface area contributed by atoms with Gasteiger partial charge in [0.2, 0.25) is 0 Å². The van der Waals surface area contributed by atoms with Crippen molar-refractivity contribution < 1.29 is 19.8 Å². The molecule has 0 heterocycles. The molecule has 0 radical (unpaired) electrons. The van der Waals surface area contributed by atoms with Crippen molar-refractivity contribution in [2.24, 2.45) is 0 Å². The van der Waals surface area contributed by atoms with Crippen LogP contribution in [-0.4, -0.2) is 49.7 Å². The molecule has 0 aromatic heterocycles. The van der Waals surface area contributed by atoms with Gasteiger partial charge in [0.05, 0.1) is 0 Å². The summed E-state index contributed by atoms with van der Waals surface area (Å²) in [6.07, 6.45) is 47.7. The first-order chi connectivity index (χ1) is 21.5. The van der Waals surface area contributed by atoms with E-state index in [1.54, 1.807) is 0 Å². The Labute approximate surface area is 311 Å². The van der Waals surface area contributed by atoms with Crippen LogP contribution >= 0.6 is 0 Å². The van der Waals surface area contributed by atoms with Gasteiger partial charge in [-0.15, -0.1) is 0 Å². The van der Waals surface area contributed by atoms with E-state index in [1.807, 2.05) is 0 Å². The molecule has 45 heavy (non-hydrogen) atoms. The third-order valence-electron chi connectivity index (χ3n) is 8.29. The van der Waals surface area contributed by atoms with E-state index in [4.69, 9.17) is 0 Å². The fourth-order valence-corrected chi connectivity index (χ4v) is 5.39. The largest absolute Gasteiger partial charge is 2.00 e. The van der Waals surface area contributed by atoms with Crippen LogP contribution in [0.15, 0.2) is 24.3 Å². The molecule has 0 unspecified atom stereocenters. The van der Waals surface area contributed by atoms with E-state index < -0.39 is 11.9 Å². The second-order valence-electron chi connectivity index (χ2n) is 12.8. The molecule has 0 aromatic carbocycles. The molecule has 0 aliphatic carbocycles. The Morgan fingerprint density at radius 2 is 0.556 bits per heavy atom. The molecule has 5 heteroatoms. The molecule has 0 saturated carbocycles. The zero-order chi connectivity index (χ0) is 32.6.